The number of ether oxygens (including phenoxy) is 2. The van der Waals surface area contributed by atoms with E-state index in [0.717, 1.165) is 25.2 Å². The monoisotopic (exact) mass is 226 g/mol. The Labute approximate surface area is 95.0 Å². The average molecular weight is 226 g/mol. The molecule has 0 aliphatic carbocycles. The summed E-state index contributed by atoms with van der Waals surface area (Å²) in [5.74, 6) is 0.739. The highest BCUT2D eigenvalue weighted by molar-refractivity contribution is 5.11. The van der Waals surface area contributed by atoms with Crippen LogP contribution >= 0.6 is 0 Å². The zero-order valence-corrected chi connectivity index (χ0v) is 9.34. The molecule has 1 unspecified atom stereocenters. The fourth-order valence-corrected chi connectivity index (χ4v) is 1.74. The SMILES string of the molecule is OCCCOc1cnn(C2CCCCO2)c1. The number of aliphatic hydroxyl groups is 1. The van der Waals surface area contributed by atoms with Crippen molar-refractivity contribution in [1.29, 1.82) is 0 Å². The second-order valence-corrected chi connectivity index (χ2v) is 3.90. The van der Waals surface area contributed by atoms with Crippen molar-refractivity contribution in [1.82, 2.24) is 9.78 Å². The van der Waals surface area contributed by atoms with E-state index >= 15 is 0 Å². The largest absolute Gasteiger partial charge is 0.490 e. The summed E-state index contributed by atoms with van der Waals surface area (Å²) in [6, 6.07) is 0. The molecule has 1 atom stereocenters. The molecule has 2 rings (SSSR count). The second kappa shape index (κ2) is 5.86. The van der Waals surface area contributed by atoms with Gasteiger partial charge in [0.25, 0.3) is 0 Å². The molecular weight excluding hydrogens is 208 g/mol. The van der Waals surface area contributed by atoms with Crippen molar-refractivity contribution in [2.75, 3.05) is 19.8 Å². The summed E-state index contributed by atoms with van der Waals surface area (Å²) in [6.07, 6.45) is 7.58. The van der Waals surface area contributed by atoms with Gasteiger partial charge in [0, 0.05) is 19.6 Å². The van der Waals surface area contributed by atoms with Crippen LogP contribution in [-0.2, 0) is 4.74 Å². The second-order valence-electron chi connectivity index (χ2n) is 3.90. The zero-order valence-electron chi connectivity index (χ0n) is 9.34. The number of rotatable bonds is 5. The first-order valence-corrected chi connectivity index (χ1v) is 5.79. The predicted molar refractivity (Wildman–Crippen MR) is 58.3 cm³/mol. The molecule has 0 bridgehead atoms. The highest BCUT2D eigenvalue weighted by Gasteiger charge is 2.16. The van der Waals surface area contributed by atoms with Crippen LogP contribution in [0, 0.1) is 0 Å². The van der Waals surface area contributed by atoms with Crippen LogP contribution in [0.25, 0.3) is 0 Å². The molecule has 0 amide bonds. The van der Waals surface area contributed by atoms with Gasteiger partial charge in [-0.15, -0.1) is 0 Å². The molecule has 0 saturated carbocycles. The van der Waals surface area contributed by atoms with Crippen LogP contribution in [0.1, 0.15) is 31.9 Å². The van der Waals surface area contributed by atoms with Crippen molar-refractivity contribution < 1.29 is 14.6 Å². The lowest BCUT2D eigenvalue weighted by atomic mass is 10.2. The van der Waals surface area contributed by atoms with Crippen molar-refractivity contribution in [2.45, 2.75) is 31.9 Å². The molecule has 1 aliphatic heterocycles. The third-order valence-corrected chi connectivity index (χ3v) is 2.60. The van der Waals surface area contributed by atoms with Crippen molar-refractivity contribution in [3.05, 3.63) is 12.4 Å². The molecule has 1 fully saturated rings. The summed E-state index contributed by atoms with van der Waals surface area (Å²) in [4.78, 5) is 0. The van der Waals surface area contributed by atoms with E-state index < -0.39 is 0 Å². The van der Waals surface area contributed by atoms with Crippen LogP contribution < -0.4 is 4.74 Å². The number of hydrogen-bond acceptors (Lipinski definition) is 4. The highest BCUT2D eigenvalue weighted by Crippen LogP contribution is 2.23. The average Bonchev–Trinajstić information content (AvgIpc) is 2.79. The fourth-order valence-electron chi connectivity index (χ4n) is 1.74. The van der Waals surface area contributed by atoms with Gasteiger partial charge in [-0.05, 0) is 19.3 Å². The number of aliphatic hydroxyl groups excluding tert-OH is 1. The van der Waals surface area contributed by atoms with E-state index in [4.69, 9.17) is 14.6 Å². The van der Waals surface area contributed by atoms with Gasteiger partial charge in [0.05, 0.1) is 19.0 Å². The Morgan fingerprint density at radius 3 is 3.25 bits per heavy atom. The highest BCUT2D eigenvalue weighted by atomic mass is 16.5. The predicted octanol–water partition coefficient (Wildman–Crippen LogP) is 1.34. The summed E-state index contributed by atoms with van der Waals surface area (Å²) in [5.41, 5.74) is 0. The molecule has 5 nitrogen and oxygen atoms in total. The Hall–Kier alpha value is -1.07. The first-order valence-electron chi connectivity index (χ1n) is 5.79. The van der Waals surface area contributed by atoms with E-state index in [1.807, 2.05) is 10.9 Å². The van der Waals surface area contributed by atoms with Crippen LogP contribution in [0.15, 0.2) is 12.4 Å². The van der Waals surface area contributed by atoms with E-state index in [9.17, 15) is 0 Å². The Balaban J connectivity index is 1.85. The minimum atomic E-state index is 0.0592. The van der Waals surface area contributed by atoms with Gasteiger partial charge in [0.15, 0.2) is 5.75 Å². The Morgan fingerprint density at radius 2 is 2.50 bits per heavy atom. The smallest absolute Gasteiger partial charge is 0.157 e. The number of nitrogens with zero attached hydrogens (tertiary/aromatic N) is 2. The summed E-state index contributed by atoms with van der Waals surface area (Å²) in [7, 11) is 0. The van der Waals surface area contributed by atoms with Gasteiger partial charge in [-0.2, -0.15) is 5.10 Å². The minimum Gasteiger partial charge on any atom is -0.490 e. The minimum absolute atomic E-state index is 0.0592. The molecule has 2 heterocycles. The van der Waals surface area contributed by atoms with Crippen LogP contribution in [0.4, 0.5) is 0 Å². The molecule has 5 heteroatoms. The molecule has 1 N–H and O–H groups in total. The van der Waals surface area contributed by atoms with E-state index in [1.165, 1.54) is 6.42 Å². The van der Waals surface area contributed by atoms with Gasteiger partial charge in [-0.25, -0.2) is 4.68 Å². The third-order valence-electron chi connectivity index (χ3n) is 2.60. The van der Waals surface area contributed by atoms with E-state index in [-0.39, 0.29) is 12.8 Å². The molecule has 1 aliphatic rings. The Morgan fingerprint density at radius 1 is 1.56 bits per heavy atom. The normalized spacial score (nSPS) is 20.9. The maximum atomic E-state index is 8.63. The maximum absolute atomic E-state index is 8.63. The van der Waals surface area contributed by atoms with Crippen molar-refractivity contribution in [3.8, 4) is 5.75 Å². The quantitative estimate of drug-likeness (QED) is 0.770. The van der Waals surface area contributed by atoms with Crippen molar-refractivity contribution in [2.24, 2.45) is 0 Å². The van der Waals surface area contributed by atoms with Crippen LogP contribution in [0.3, 0.4) is 0 Å². The first kappa shape index (κ1) is 11.4. The van der Waals surface area contributed by atoms with E-state index in [0.29, 0.717) is 13.0 Å². The lowest BCUT2D eigenvalue weighted by Gasteiger charge is -2.22. The lowest BCUT2D eigenvalue weighted by molar-refractivity contribution is -0.0396. The summed E-state index contributed by atoms with van der Waals surface area (Å²) < 4.78 is 12.8. The Kier molecular flexibility index (Phi) is 4.18. The van der Waals surface area contributed by atoms with E-state index in [2.05, 4.69) is 5.10 Å². The van der Waals surface area contributed by atoms with Crippen LogP contribution in [0.5, 0.6) is 5.75 Å². The molecule has 1 aromatic rings. The molecule has 0 radical (unpaired) electrons. The standard InChI is InChI=1S/C11H18N2O3/c14-5-3-7-15-10-8-12-13(9-10)11-4-1-2-6-16-11/h8-9,11,14H,1-7H2. The number of aromatic nitrogens is 2. The van der Waals surface area contributed by atoms with Crippen molar-refractivity contribution >= 4 is 0 Å². The molecule has 0 aromatic carbocycles. The van der Waals surface area contributed by atoms with Crippen LogP contribution in [-0.4, -0.2) is 34.7 Å². The molecule has 1 aromatic heterocycles. The molecule has 16 heavy (non-hydrogen) atoms. The Bertz CT molecular complexity index is 308. The van der Waals surface area contributed by atoms with Gasteiger partial charge >= 0.3 is 0 Å². The van der Waals surface area contributed by atoms with Gasteiger partial charge in [0.1, 0.15) is 6.23 Å². The zero-order chi connectivity index (χ0) is 11.2. The first-order chi connectivity index (χ1) is 7.90. The topological polar surface area (TPSA) is 56.5 Å². The lowest BCUT2D eigenvalue weighted by Crippen LogP contribution is -2.18. The molecular formula is C11H18N2O3. The number of hydrogen-bond donors (Lipinski definition) is 1. The molecule has 90 valence electrons. The summed E-state index contributed by atoms with van der Waals surface area (Å²) in [5, 5.41) is 12.9. The van der Waals surface area contributed by atoms with Crippen LogP contribution in [0.2, 0.25) is 0 Å². The van der Waals surface area contributed by atoms with Gasteiger partial charge < -0.3 is 14.6 Å². The maximum Gasteiger partial charge on any atom is 0.157 e. The molecule has 0 spiro atoms. The summed E-state index contributed by atoms with van der Waals surface area (Å²) >= 11 is 0. The third kappa shape index (κ3) is 2.96. The van der Waals surface area contributed by atoms with Crippen molar-refractivity contribution in [3.63, 3.8) is 0 Å². The van der Waals surface area contributed by atoms with Gasteiger partial charge in [-0.1, -0.05) is 0 Å². The van der Waals surface area contributed by atoms with E-state index in [1.54, 1.807) is 6.20 Å². The summed E-state index contributed by atoms with van der Waals surface area (Å²) in [6.45, 7) is 1.48. The van der Waals surface area contributed by atoms with Gasteiger partial charge in [-0.3, -0.25) is 0 Å². The fraction of sp³-hybridized carbons (Fsp3) is 0.727. The molecule has 1 saturated heterocycles. The van der Waals surface area contributed by atoms with Gasteiger partial charge in [0.2, 0.25) is 0 Å².